The van der Waals surface area contributed by atoms with Crippen molar-refractivity contribution in [2.45, 2.75) is 81.5 Å². The SMILES string of the molecule is c1cc(C2CCCCC2)cc(N(c2cccc(C3CCCCC3)c2)c2ccc3c(c2)C2(c4ccccc4-c4ccccc42)c2ccccc2-3)c1. The molecule has 6 aromatic carbocycles. The smallest absolute Gasteiger partial charge is 0.0726 e. The van der Waals surface area contributed by atoms with E-state index in [4.69, 9.17) is 0 Å². The molecule has 0 heterocycles. The molecule has 6 aromatic rings. The minimum absolute atomic E-state index is 0.352. The summed E-state index contributed by atoms with van der Waals surface area (Å²) in [5.41, 5.74) is 17.4. The van der Waals surface area contributed by atoms with Crippen LogP contribution in [0.1, 0.15) is 109 Å². The Labute approximate surface area is 297 Å². The predicted octanol–water partition coefficient (Wildman–Crippen LogP) is 13.6. The second-order valence-corrected chi connectivity index (χ2v) is 15.3. The highest BCUT2D eigenvalue weighted by atomic mass is 15.1. The van der Waals surface area contributed by atoms with Crippen LogP contribution in [-0.2, 0) is 5.41 Å². The lowest BCUT2D eigenvalue weighted by Crippen LogP contribution is -2.26. The van der Waals surface area contributed by atoms with Crippen molar-refractivity contribution in [3.05, 3.63) is 173 Å². The van der Waals surface area contributed by atoms with Crippen LogP contribution in [0, 0.1) is 0 Å². The summed E-state index contributed by atoms with van der Waals surface area (Å²) in [6.45, 7) is 0. The van der Waals surface area contributed by atoms with Crippen LogP contribution in [0.4, 0.5) is 17.1 Å². The lowest BCUT2D eigenvalue weighted by atomic mass is 9.70. The van der Waals surface area contributed by atoms with Crippen LogP contribution < -0.4 is 4.90 Å². The van der Waals surface area contributed by atoms with Gasteiger partial charge in [0.1, 0.15) is 0 Å². The summed E-state index contributed by atoms with van der Waals surface area (Å²) in [5.74, 6) is 1.31. The molecule has 0 unspecified atom stereocenters. The third-order valence-electron chi connectivity index (χ3n) is 12.6. The number of anilines is 3. The van der Waals surface area contributed by atoms with Crippen LogP contribution in [-0.4, -0.2) is 0 Å². The Hall–Kier alpha value is -4.88. The molecule has 1 nitrogen and oxygen atoms in total. The second kappa shape index (κ2) is 12.2. The van der Waals surface area contributed by atoms with Crippen molar-refractivity contribution in [2.24, 2.45) is 0 Å². The molecule has 1 spiro atoms. The molecule has 2 fully saturated rings. The molecule has 0 bridgehead atoms. The summed E-state index contributed by atoms with van der Waals surface area (Å²) in [5, 5.41) is 0. The van der Waals surface area contributed by atoms with Gasteiger partial charge < -0.3 is 4.90 Å². The van der Waals surface area contributed by atoms with Crippen molar-refractivity contribution >= 4 is 17.1 Å². The molecule has 0 aliphatic heterocycles. The maximum Gasteiger partial charge on any atom is 0.0726 e. The second-order valence-electron chi connectivity index (χ2n) is 15.3. The fourth-order valence-corrected chi connectivity index (χ4v) is 10.4. The normalized spacial score (nSPS) is 17.6. The summed E-state index contributed by atoms with van der Waals surface area (Å²) < 4.78 is 0. The highest BCUT2D eigenvalue weighted by Gasteiger charge is 2.51. The Balaban J connectivity index is 1.19. The van der Waals surface area contributed by atoms with Crippen LogP contribution in [0.25, 0.3) is 22.3 Å². The maximum atomic E-state index is 2.57. The zero-order chi connectivity index (χ0) is 33.1. The Morgan fingerprint density at radius 1 is 0.360 bits per heavy atom. The molecule has 4 aliphatic rings. The molecular weight excluding hydrogens is 603 g/mol. The average Bonchev–Trinajstić information content (AvgIpc) is 3.66. The minimum Gasteiger partial charge on any atom is -0.310 e. The largest absolute Gasteiger partial charge is 0.310 e. The number of fused-ring (bicyclic) bond motifs is 10. The molecule has 10 rings (SSSR count). The lowest BCUT2D eigenvalue weighted by molar-refractivity contribution is 0.443. The van der Waals surface area contributed by atoms with Gasteiger partial charge in [-0.05, 0) is 130 Å². The van der Waals surface area contributed by atoms with Crippen molar-refractivity contribution in [1.29, 1.82) is 0 Å². The van der Waals surface area contributed by atoms with Gasteiger partial charge in [0, 0.05) is 17.1 Å². The zero-order valence-electron chi connectivity index (χ0n) is 29.0. The van der Waals surface area contributed by atoms with Crippen molar-refractivity contribution in [3.63, 3.8) is 0 Å². The molecule has 0 N–H and O–H groups in total. The van der Waals surface area contributed by atoms with Crippen LogP contribution in [0.2, 0.25) is 0 Å². The molecule has 2 saturated carbocycles. The van der Waals surface area contributed by atoms with E-state index in [9.17, 15) is 0 Å². The van der Waals surface area contributed by atoms with E-state index in [1.165, 1.54) is 137 Å². The zero-order valence-corrected chi connectivity index (χ0v) is 29.0. The van der Waals surface area contributed by atoms with Crippen LogP contribution in [0.15, 0.2) is 140 Å². The van der Waals surface area contributed by atoms with Gasteiger partial charge >= 0.3 is 0 Å². The number of benzene rings is 6. The third kappa shape index (κ3) is 4.59. The van der Waals surface area contributed by atoms with Gasteiger partial charge in [-0.1, -0.05) is 142 Å². The molecule has 1 heteroatoms. The van der Waals surface area contributed by atoms with Crippen LogP contribution in [0.3, 0.4) is 0 Å². The van der Waals surface area contributed by atoms with Gasteiger partial charge in [-0.25, -0.2) is 0 Å². The van der Waals surface area contributed by atoms with Crippen molar-refractivity contribution in [2.75, 3.05) is 4.90 Å². The lowest BCUT2D eigenvalue weighted by Gasteiger charge is -2.33. The van der Waals surface area contributed by atoms with E-state index in [2.05, 4.69) is 144 Å². The van der Waals surface area contributed by atoms with Crippen LogP contribution in [0.5, 0.6) is 0 Å². The van der Waals surface area contributed by atoms with Crippen molar-refractivity contribution in [1.82, 2.24) is 0 Å². The maximum absolute atomic E-state index is 2.57. The highest BCUT2D eigenvalue weighted by Crippen LogP contribution is 2.63. The van der Waals surface area contributed by atoms with Crippen LogP contribution >= 0.6 is 0 Å². The fourth-order valence-electron chi connectivity index (χ4n) is 10.4. The number of nitrogens with zero attached hydrogens (tertiary/aromatic N) is 1. The summed E-state index contributed by atoms with van der Waals surface area (Å²) in [6, 6.07) is 53.9. The Kier molecular flexibility index (Phi) is 7.30. The van der Waals surface area contributed by atoms with E-state index in [1.54, 1.807) is 0 Å². The Morgan fingerprint density at radius 3 is 1.26 bits per heavy atom. The van der Waals surface area contributed by atoms with E-state index in [0.717, 1.165) is 0 Å². The summed E-state index contributed by atoms with van der Waals surface area (Å²) in [7, 11) is 0. The molecule has 0 aromatic heterocycles. The average molecular weight is 648 g/mol. The molecule has 0 radical (unpaired) electrons. The molecular formula is C49H45N. The first-order valence-corrected chi connectivity index (χ1v) is 19.2. The Morgan fingerprint density at radius 2 is 0.780 bits per heavy atom. The topological polar surface area (TPSA) is 3.24 Å². The third-order valence-corrected chi connectivity index (χ3v) is 12.6. The first-order chi connectivity index (χ1) is 24.8. The molecule has 50 heavy (non-hydrogen) atoms. The Bertz CT molecular complexity index is 2090. The molecule has 0 atom stereocenters. The van der Waals surface area contributed by atoms with Gasteiger partial charge in [-0.3, -0.25) is 0 Å². The van der Waals surface area contributed by atoms with Crippen molar-refractivity contribution in [3.8, 4) is 22.3 Å². The molecule has 4 aliphatic carbocycles. The number of hydrogen-bond donors (Lipinski definition) is 0. The van der Waals surface area contributed by atoms with Gasteiger partial charge in [0.2, 0.25) is 0 Å². The minimum atomic E-state index is -0.352. The first kappa shape index (κ1) is 30.0. The molecule has 0 amide bonds. The summed E-state index contributed by atoms with van der Waals surface area (Å²) in [6.07, 6.45) is 13.4. The van der Waals surface area contributed by atoms with E-state index < -0.39 is 0 Å². The highest BCUT2D eigenvalue weighted by molar-refractivity contribution is 5.96. The van der Waals surface area contributed by atoms with E-state index in [0.29, 0.717) is 11.8 Å². The van der Waals surface area contributed by atoms with E-state index in [1.807, 2.05) is 0 Å². The fraction of sp³-hybridized carbons (Fsp3) is 0.265. The van der Waals surface area contributed by atoms with E-state index >= 15 is 0 Å². The van der Waals surface area contributed by atoms with Crippen molar-refractivity contribution < 1.29 is 0 Å². The summed E-state index contributed by atoms with van der Waals surface area (Å²) >= 11 is 0. The van der Waals surface area contributed by atoms with Gasteiger partial charge in [0.15, 0.2) is 0 Å². The van der Waals surface area contributed by atoms with Gasteiger partial charge in [-0.2, -0.15) is 0 Å². The molecule has 246 valence electrons. The predicted molar refractivity (Wildman–Crippen MR) is 209 cm³/mol. The van der Waals surface area contributed by atoms with Gasteiger partial charge in [0.05, 0.1) is 5.41 Å². The summed E-state index contributed by atoms with van der Waals surface area (Å²) in [4.78, 5) is 2.57. The number of rotatable bonds is 5. The van der Waals surface area contributed by atoms with Gasteiger partial charge in [0.25, 0.3) is 0 Å². The number of hydrogen-bond acceptors (Lipinski definition) is 1. The van der Waals surface area contributed by atoms with Gasteiger partial charge in [-0.15, -0.1) is 0 Å². The van der Waals surface area contributed by atoms with E-state index in [-0.39, 0.29) is 5.41 Å². The first-order valence-electron chi connectivity index (χ1n) is 19.2. The monoisotopic (exact) mass is 647 g/mol. The quantitative estimate of drug-likeness (QED) is 0.180. The standard InChI is InChI=1S/C49H45N/c1-3-15-34(16-4-1)36-19-13-21-38(31-36)50(39-22-14-20-37(32-39)35-17-5-2-6-18-35)40-29-30-44-43-25-9-12-28-47(43)49(48(44)33-40)45-26-10-7-23-41(45)42-24-8-11-27-46(42)49/h7-14,19-35H,1-6,15-18H2. The molecule has 0 saturated heterocycles.